The largest absolute Gasteiger partial charge is 0.396 e. The van der Waals surface area contributed by atoms with E-state index in [0.29, 0.717) is 6.61 Å². The molecule has 0 bridgehead atoms. The van der Waals surface area contributed by atoms with Crippen LogP contribution in [0.2, 0.25) is 0 Å². The summed E-state index contributed by atoms with van der Waals surface area (Å²) in [5.41, 5.74) is 1.23. The van der Waals surface area contributed by atoms with Crippen molar-refractivity contribution in [1.29, 1.82) is 0 Å². The molecule has 3 nitrogen and oxygen atoms in total. The molecule has 0 unspecified atom stereocenters. The van der Waals surface area contributed by atoms with Crippen LogP contribution < -0.4 is 5.32 Å². The fraction of sp³-hybridized carbons (Fsp3) is 0.571. The van der Waals surface area contributed by atoms with Crippen LogP contribution in [0.4, 0.5) is 0 Å². The van der Waals surface area contributed by atoms with Gasteiger partial charge in [0.1, 0.15) is 0 Å². The molecule has 2 N–H and O–H groups in total. The van der Waals surface area contributed by atoms with Crippen LogP contribution in [0.15, 0.2) is 30.3 Å². The third-order valence-corrected chi connectivity index (χ3v) is 2.52. The van der Waals surface area contributed by atoms with Crippen LogP contribution in [0.5, 0.6) is 0 Å². The van der Waals surface area contributed by atoms with Crippen molar-refractivity contribution in [2.45, 2.75) is 25.9 Å². The fourth-order valence-electron chi connectivity index (χ4n) is 1.55. The highest BCUT2D eigenvalue weighted by atomic mass is 16.5. The Balaban J connectivity index is 1.85. The number of nitrogens with one attached hydrogen (secondary N) is 1. The van der Waals surface area contributed by atoms with Gasteiger partial charge in [0.15, 0.2) is 0 Å². The predicted octanol–water partition coefficient (Wildman–Crippen LogP) is 1.96. The zero-order valence-electron chi connectivity index (χ0n) is 10.4. The van der Waals surface area contributed by atoms with Crippen molar-refractivity contribution in [3.63, 3.8) is 0 Å². The molecule has 0 heterocycles. The van der Waals surface area contributed by atoms with Gasteiger partial charge in [0, 0.05) is 13.2 Å². The first-order chi connectivity index (χ1) is 8.43. The molecule has 3 heteroatoms. The van der Waals surface area contributed by atoms with Gasteiger partial charge in [-0.1, -0.05) is 30.3 Å². The first-order valence-corrected chi connectivity index (χ1v) is 6.36. The third kappa shape index (κ3) is 7.91. The lowest BCUT2D eigenvalue weighted by molar-refractivity contribution is 0.117. The molecule has 0 fully saturated rings. The Morgan fingerprint density at radius 3 is 2.53 bits per heavy atom. The fourth-order valence-corrected chi connectivity index (χ4v) is 1.55. The maximum absolute atomic E-state index is 8.59. The van der Waals surface area contributed by atoms with Crippen LogP contribution in [0, 0.1) is 0 Å². The van der Waals surface area contributed by atoms with Gasteiger partial charge in [-0.2, -0.15) is 0 Å². The standard InChI is InChI=1S/C14H23NO2/c16-11-6-10-15-9-4-5-12-17-13-14-7-2-1-3-8-14/h1-3,7-8,15-16H,4-6,9-13H2. The Morgan fingerprint density at radius 2 is 1.76 bits per heavy atom. The Kier molecular flexibility index (Phi) is 8.55. The van der Waals surface area contributed by atoms with E-state index in [-0.39, 0.29) is 6.61 Å². The Bertz CT molecular complexity index is 264. The van der Waals surface area contributed by atoms with E-state index in [9.17, 15) is 0 Å². The maximum atomic E-state index is 8.59. The summed E-state index contributed by atoms with van der Waals surface area (Å²) in [6, 6.07) is 10.2. The second-order valence-electron chi connectivity index (χ2n) is 4.07. The van der Waals surface area contributed by atoms with Gasteiger partial charge >= 0.3 is 0 Å². The van der Waals surface area contributed by atoms with Gasteiger partial charge in [-0.15, -0.1) is 0 Å². The van der Waals surface area contributed by atoms with Crippen LogP contribution in [-0.4, -0.2) is 31.4 Å². The van der Waals surface area contributed by atoms with Gasteiger partial charge < -0.3 is 15.2 Å². The molecule has 1 aromatic rings. The predicted molar refractivity (Wildman–Crippen MR) is 69.9 cm³/mol. The lowest BCUT2D eigenvalue weighted by Gasteiger charge is -2.05. The Morgan fingerprint density at radius 1 is 1.00 bits per heavy atom. The molecule has 0 aromatic heterocycles. The summed E-state index contributed by atoms with van der Waals surface area (Å²) in [5, 5.41) is 11.9. The quantitative estimate of drug-likeness (QED) is 0.611. The average molecular weight is 237 g/mol. The van der Waals surface area contributed by atoms with E-state index >= 15 is 0 Å². The van der Waals surface area contributed by atoms with Crippen molar-refractivity contribution in [2.24, 2.45) is 0 Å². The molecule has 0 atom stereocenters. The SMILES string of the molecule is OCCCNCCCCOCc1ccccc1. The van der Waals surface area contributed by atoms with Crippen LogP contribution in [0.3, 0.4) is 0 Å². The first kappa shape index (κ1) is 14.2. The Labute approximate surface area is 104 Å². The molecular formula is C14H23NO2. The number of aliphatic hydroxyl groups is 1. The highest BCUT2D eigenvalue weighted by molar-refractivity contribution is 5.13. The number of hydrogen-bond acceptors (Lipinski definition) is 3. The van der Waals surface area contributed by atoms with Gasteiger partial charge in [0.25, 0.3) is 0 Å². The van der Waals surface area contributed by atoms with E-state index in [1.165, 1.54) is 5.56 Å². The molecule has 0 saturated heterocycles. The molecular weight excluding hydrogens is 214 g/mol. The van der Waals surface area contributed by atoms with E-state index in [0.717, 1.165) is 39.0 Å². The molecule has 0 saturated carbocycles. The minimum Gasteiger partial charge on any atom is -0.396 e. The monoisotopic (exact) mass is 237 g/mol. The number of hydrogen-bond donors (Lipinski definition) is 2. The van der Waals surface area contributed by atoms with E-state index in [1.807, 2.05) is 18.2 Å². The summed E-state index contributed by atoms with van der Waals surface area (Å²) in [6.07, 6.45) is 3.05. The minimum absolute atomic E-state index is 0.271. The van der Waals surface area contributed by atoms with Crippen molar-refractivity contribution in [3.05, 3.63) is 35.9 Å². The van der Waals surface area contributed by atoms with Crippen molar-refractivity contribution >= 4 is 0 Å². The highest BCUT2D eigenvalue weighted by Gasteiger charge is 1.92. The second-order valence-corrected chi connectivity index (χ2v) is 4.07. The maximum Gasteiger partial charge on any atom is 0.0716 e. The topological polar surface area (TPSA) is 41.5 Å². The van der Waals surface area contributed by atoms with Crippen LogP contribution in [0.25, 0.3) is 0 Å². The Hall–Kier alpha value is -0.900. The van der Waals surface area contributed by atoms with Crippen molar-refractivity contribution < 1.29 is 9.84 Å². The number of ether oxygens (including phenoxy) is 1. The van der Waals surface area contributed by atoms with Gasteiger partial charge in [0.05, 0.1) is 6.61 Å². The molecule has 0 radical (unpaired) electrons. The number of aliphatic hydroxyl groups excluding tert-OH is 1. The zero-order valence-corrected chi connectivity index (χ0v) is 10.4. The normalized spacial score (nSPS) is 10.6. The molecule has 0 aliphatic carbocycles. The summed E-state index contributed by atoms with van der Waals surface area (Å²) in [6.45, 7) is 3.71. The summed E-state index contributed by atoms with van der Waals surface area (Å²) >= 11 is 0. The smallest absolute Gasteiger partial charge is 0.0716 e. The molecule has 1 rings (SSSR count). The molecule has 0 aliphatic heterocycles. The summed E-state index contributed by atoms with van der Waals surface area (Å²) < 4.78 is 5.58. The molecule has 0 spiro atoms. The van der Waals surface area contributed by atoms with E-state index in [2.05, 4.69) is 17.4 Å². The van der Waals surface area contributed by atoms with Crippen molar-refractivity contribution in [3.8, 4) is 0 Å². The van der Waals surface area contributed by atoms with E-state index in [1.54, 1.807) is 0 Å². The van der Waals surface area contributed by atoms with Gasteiger partial charge in [0.2, 0.25) is 0 Å². The van der Waals surface area contributed by atoms with Crippen LogP contribution >= 0.6 is 0 Å². The van der Waals surface area contributed by atoms with E-state index < -0.39 is 0 Å². The molecule has 17 heavy (non-hydrogen) atoms. The number of benzene rings is 1. The van der Waals surface area contributed by atoms with Gasteiger partial charge in [-0.25, -0.2) is 0 Å². The third-order valence-electron chi connectivity index (χ3n) is 2.52. The minimum atomic E-state index is 0.271. The number of unbranched alkanes of at least 4 members (excludes halogenated alkanes) is 1. The lowest BCUT2D eigenvalue weighted by atomic mass is 10.2. The first-order valence-electron chi connectivity index (χ1n) is 6.36. The van der Waals surface area contributed by atoms with Crippen molar-refractivity contribution in [2.75, 3.05) is 26.3 Å². The summed E-state index contributed by atoms with van der Waals surface area (Å²) in [5.74, 6) is 0. The highest BCUT2D eigenvalue weighted by Crippen LogP contribution is 2.01. The lowest BCUT2D eigenvalue weighted by Crippen LogP contribution is -2.17. The summed E-state index contributed by atoms with van der Waals surface area (Å²) in [4.78, 5) is 0. The van der Waals surface area contributed by atoms with Crippen LogP contribution in [-0.2, 0) is 11.3 Å². The number of rotatable bonds is 10. The summed E-state index contributed by atoms with van der Waals surface area (Å²) in [7, 11) is 0. The van der Waals surface area contributed by atoms with E-state index in [4.69, 9.17) is 9.84 Å². The van der Waals surface area contributed by atoms with Gasteiger partial charge in [-0.05, 0) is 37.9 Å². The molecule has 96 valence electrons. The molecule has 0 amide bonds. The van der Waals surface area contributed by atoms with Crippen LogP contribution in [0.1, 0.15) is 24.8 Å². The average Bonchev–Trinajstić information content (AvgIpc) is 2.38. The molecule has 1 aromatic carbocycles. The van der Waals surface area contributed by atoms with Crippen molar-refractivity contribution in [1.82, 2.24) is 5.32 Å². The zero-order chi connectivity index (χ0) is 12.2. The second kappa shape index (κ2) is 10.3. The van der Waals surface area contributed by atoms with Gasteiger partial charge in [-0.3, -0.25) is 0 Å². The molecule has 0 aliphatic rings.